The number of benzene rings is 1. The molecule has 122 valence electrons. The molecule has 22 heavy (non-hydrogen) atoms. The lowest BCUT2D eigenvalue weighted by molar-refractivity contribution is -0.137. The van der Waals surface area contributed by atoms with Crippen LogP contribution in [0.3, 0.4) is 0 Å². The molecular weight excluding hydrogens is 334 g/mol. The van der Waals surface area contributed by atoms with E-state index in [1.165, 1.54) is 19.2 Å². The van der Waals surface area contributed by atoms with Gasteiger partial charge < -0.3 is 9.84 Å². The Bertz CT molecular complexity index is 673. The molecular formula is C13H16ClNO6S. The molecule has 0 saturated carbocycles. The van der Waals surface area contributed by atoms with Gasteiger partial charge in [-0.25, -0.2) is 13.2 Å². The molecule has 0 aromatic heterocycles. The van der Waals surface area contributed by atoms with E-state index in [9.17, 15) is 18.0 Å². The number of sulfonamides is 1. The first kappa shape index (κ1) is 18.4. The minimum Gasteiger partial charge on any atom is -0.480 e. The number of carbonyl (C=O) groups is 2. The Morgan fingerprint density at radius 3 is 2.45 bits per heavy atom. The van der Waals surface area contributed by atoms with Gasteiger partial charge in [0.05, 0.1) is 17.7 Å². The summed E-state index contributed by atoms with van der Waals surface area (Å²) in [7, 11) is -2.88. The minimum atomic E-state index is -4.07. The maximum absolute atomic E-state index is 12.5. The fourth-order valence-corrected chi connectivity index (χ4v) is 3.78. The lowest BCUT2D eigenvalue weighted by atomic mass is 10.2. The van der Waals surface area contributed by atoms with E-state index in [2.05, 4.69) is 4.74 Å². The second-order valence-corrected chi connectivity index (χ2v) is 6.68. The third kappa shape index (κ3) is 4.19. The van der Waals surface area contributed by atoms with Crippen molar-refractivity contribution in [3.8, 4) is 0 Å². The Kier molecular flexibility index (Phi) is 6.34. The lowest BCUT2D eigenvalue weighted by Gasteiger charge is -2.20. The largest absolute Gasteiger partial charge is 0.480 e. The first-order valence-corrected chi connectivity index (χ1v) is 8.15. The Hall–Kier alpha value is -1.64. The average Bonchev–Trinajstić information content (AvgIpc) is 2.45. The predicted molar refractivity (Wildman–Crippen MR) is 79.5 cm³/mol. The molecule has 7 nitrogen and oxygen atoms in total. The zero-order valence-electron chi connectivity index (χ0n) is 12.1. The summed E-state index contributed by atoms with van der Waals surface area (Å²) >= 11 is 5.93. The van der Waals surface area contributed by atoms with Crippen molar-refractivity contribution in [2.75, 3.05) is 20.2 Å². The quantitative estimate of drug-likeness (QED) is 0.750. The summed E-state index contributed by atoms with van der Waals surface area (Å²) in [4.78, 5) is 22.0. The molecule has 0 bridgehead atoms. The molecule has 0 spiro atoms. The van der Waals surface area contributed by atoms with Crippen LogP contribution in [0.2, 0.25) is 5.02 Å². The van der Waals surface area contributed by atoms with Gasteiger partial charge in [0.2, 0.25) is 10.0 Å². The highest BCUT2D eigenvalue weighted by Gasteiger charge is 2.28. The first-order valence-electron chi connectivity index (χ1n) is 6.33. The maximum Gasteiger partial charge on any atom is 0.337 e. The van der Waals surface area contributed by atoms with Crippen LogP contribution in [0.5, 0.6) is 0 Å². The predicted octanol–water partition coefficient (Wildman–Crippen LogP) is 1.61. The third-order valence-corrected chi connectivity index (χ3v) is 5.08. The van der Waals surface area contributed by atoms with Crippen molar-refractivity contribution in [2.24, 2.45) is 0 Å². The SMILES string of the molecule is CCCN(CC(=O)O)S(=O)(=O)c1ccc(C(=O)OC)cc1Cl. The fourth-order valence-electron chi connectivity index (χ4n) is 1.78. The molecule has 0 aliphatic carbocycles. The molecule has 0 saturated heterocycles. The lowest BCUT2D eigenvalue weighted by Crippen LogP contribution is -2.36. The molecule has 0 aliphatic rings. The van der Waals surface area contributed by atoms with Gasteiger partial charge in [0.25, 0.3) is 0 Å². The second-order valence-electron chi connectivity index (χ2n) is 4.37. The van der Waals surface area contributed by atoms with Gasteiger partial charge in [0.1, 0.15) is 11.4 Å². The van der Waals surface area contributed by atoms with E-state index in [4.69, 9.17) is 16.7 Å². The molecule has 0 aliphatic heterocycles. The van der Waals surface area contributed by atoms with Crippen LogP contribution < -0.4 is 0 Å². The van der Waals surface area contributed by atoms with Gasteiger partial charge in [-0.05, 0) is 24.6 Å². The molecule has 0 fully saturated rings. The van der Waals surface area contributed by atoms with Crippen LogP contribution in [0.1, 0.15) is 23.7 Å². The number of esters is 1. The Morgan fingerprint density at radius 2 is 2.00 bits per heavy atom. The standard InChI is InChI=1S/C13H16ClNO6S/c1-3-6-15(8-12(16)17)22(19,20)11-5-4-9(7-10(11)14)13(18)21-2/h4-5,7H,3,6,8H2,1-2H3,(H,16,17). The summed E-state index contributed by atoms with van der Waals surface area (Å²) in [5, 5.41) is 8.67. The van der Waals surface area contributed by atoms with Crippen LogP contribution in [0.4, 0.5) is 0 Å². The van der Waals surface area contributed by atoms with Crippen LogP contribution in [-0.2, 0) is 19.6 Å². The van der Waals surface area contributed by atoms with E-state index in [1.54, 1.807) is 6.92 Å². The summed E-state index contributed by atoms with van der Waals surface area (Å²) in [5.74, 6) is -1.92. The molecule has 0 heterocycles. The highest BCUT2D eigenvalue weighted by atomic mass is 35.5. The van der Waals surface area contributed by atoms with Gasteiger partial charge >= 0.3 is 11.9 Å². The Morgan fingerprint density at radius 1 is 1.36 bits per heavy atom. The number of rotatable bonds is 7. The molecule has 1 aromatic rings. The number of carbonyl (C=O) groups excluding carboxylic acids is 1. The number of carboxylic acid groups (broad SMARTS) is 1. The van der Waals surface area contributed by atoms with Crippen LogP contribution >= 0.6 is 11.6 Å². The van der Waals surface area contributed by atoms with Crippen LogP contribution in [0.25, 0.3) is 0 Å². The van der Waals surface area contributed by atoms with Gasteiger partial charge in [-0.1, -0.05) is 18.5 Å². The highest BCUT2D eigenvalue weighted by molar-refractivity contribution is 7.89. The number of methoxy groups -OCH3 is 1. The van der Waals surface area contributed by atoms with Crippen LogP contribution in [0, 0.1) is 0 Å². The Labute approximate surface area is 133 Å². The summed E-state index contributed by atoms with van der Waals surface area (Å²) < 4.78 is 30.3. The molecule has 1 aromatic carbocycles. The normalized spacial score (nSPS) is 11.5. The fraction of sp³-hybridized carbons (Fsp3) is 0.385. The first-order chi connectivity index (χ1) is 10.2. The van der Waals surface area contributed by atoms with Crippen molar-refractivity contribution in [2.45, 2.75) is 18.2 Å². The van der Waals surface area contributed by atoms with Crippen molar-refractivity contribution in [1.82, 2.24) is 4.31 Å². The highest BCUT2D eigenvalue weighted by Crippen LogP contribution is 2.26. The van der Waals surface area contributed by atoms with Crippen molar-refractivity contribution in [3.63, 3.8) is 0 Å². The molecule has 0 radical (unpaired) electrons. The van der Waals surface area contributed by atoms with E-state index < -0.39 is 28.5 Å². The van der Waals surface area contributed by atoms with E-state index in [-0.39, 0.29) is 22.0 Å². The average molecular weight is 350 g/mol. The smallest absolute Gasteiger partial charge is 0.337 e. The monoisotopic (exact) mass is 349 g/mol. The van der Waals surface area contributed by atoms with Gasteiger partial charge in [-0.15, -0.1) is 0 Å². The van der Waals surface area contributed by atoms with Crippen LogP contribution in [-0.4, -0.2) is 50.0 Å². The summed E-state index contributed by atoms with van der Waals surface area (Å²) in [6.07, 6.45) is 0.449. The van der Waals surface area contributed by atoms with Crippen molar-refractivity contribution < 1.29 is 27.9 Å². The van der Waals surface area contributed by atoms with E-state index >= 15 is 0 Å². The molecule has 0 amide bonds. The minimum absolute atomic E-state index is 0.0454. The molecule has 0 unspecified atom stereocenters. The topological polar surface area (TPSA) is 101 Å². The summed E-state index contributed by atoms with van der Waals surface area (Å²) in [5.41, 5.74) is 0.103. The van der Waals surface area contributed by atoms with Crippen molar-refractivity contribution in [1.29, 1.82) is 0 Å². The zero-order chi connectivity index (χ0) is 16.9. The van der Waals surface area contributed by atoms with Gasteiger partial charge in [0.15, 0.2) is 0 Å². The molecule has 1 rings (SSSR count). The van der Waals surface area contributed by atoms with Crippen molar-refractivity contribution >= 4 is 33.6 Å². The van der Waals surface area contributed by atoms with Gasteiger partial charge in [-0.2, -0.15) is 4.31 Å². The number of halogens is 1. The molecule has 1 N–H and O–H groups in total. The zero-order valence-corrected chi connectivity index (χ0v) is 13.6. The van der Waals surface area contributed by atoms with E-state index in [0.29, 0.717) is 6.42 Å². The third-order valence-electron chi connectivity index (χ3n) is 2.76. The number of ether oxygens (including phenoxy) is 1. The molecule has 9 heteroatoms. The van der Waals surface area contributed by atoms with E-state index in [1.807, 2.05) is 0 Å². The Balaban J connectivity index is 3.26. The van der Waals surface area contributed by atoms with Crippen molar-refractivity contribution in [3.05, 3.63) is 28.8 Å². The van der Waals surface area contributed by atoms with Gasteiger partial charge in [0, 0.05) is 6.54 Å². The number of hydrogen-bond acceptors (Lipinski definition) is 5. The number of nitrogens with zero attached hydrogens (tertiary/aromatic N) is 1. The van der Waals surface area contributed by atoms with E-state index in [0.717, 1.165) is 10.4 Å². The maximum atomic E-state index is 12.5. The summed E-state index contributed by atoms with van der Waals surface area (Å²) in [6, 6.07) is 3.59. The number of hydrogen-bond donors (Lipinski definition) is 1. The van der Waals surface area contributed by atoms with Crippen LogP contribution in [0.15, 0.2) is 23.1 Å². The molecule has 0 atom stereocenters. The summed E-state index contributed by atoms with van der Waals surface area (Å²) in [6.45, 7) is 1.11. The second kappa shape index (κ2) is 7.57. The van der Waals surface area contributed by atoms with Gasteiger partial charge in [-0.3, -0.25) is 4.79 Å². The number of aliphatic carboxylic acids is 1. The number of carboxylic acids is 1.